The van der Waals surface area contributed by atoms with Crippen molar-refractivity contribution >= 4 is 27.6 Å². The molecule has 4 heteroatoms. The van der Waals surface area contributed by atoms with Gasteiger partial charge in [-0.15, -0.1) is 0 Å². The smallest absolute Gasteiger partial charge is 0.338 e. The Morgan fingerprint density at radius 3 is 2.76 bits per heavy atom. The van der Waals surface area contributed by atoms with E-state index in [4.69, 9.17) is 10.5 Å². The first kappa shape index (κ1) is 14.0. The highest BCUT2D eigenvalue weighted by Crippen LogP contribution is 2.20. The molecule has 0 spiro atoms. The lowest BCUT2D eigenvalue weighted by Gasteiger charge is -2.07. The van der Waals surface area contributed by atoms with E-state index in [1.807, 2.05) is 0 Å². The fourth-order valence-corrected chi connectivity index (χ4v) is 1.77. The first-order valence-electron chi connectivity index (χ1n) is 5.73. The van der Waals surface area contributed by atoms with E-state index in [9.17, 15) is 4.79 Å². The molecule has 1 aromatic carbocycles. The number of hydrogen-bond acceptors (Lipinski definition) is 3. The predicted molar refractivity (Wildman–Crippen MR) is 72.9 cm³/mol. The molecule has 2 N–H and O–H groups in total. The van der Waals surface area contributed by atoms with Crippen molar-refractivity contribution in [3.8, 4) is 0 Å². The number of rotatable bonds is 5. The van der Waals surface area contributed by atoms with Crippen molar-refractivity contribution in [3.63, 3.8) is 0 Å². The molecule has 0 fully saturated rings. The summed E-state index contributed by atoms with van der Waals surface area (Å²) in [5.74, 6) is 0.342. The molecule has 0 amide bonds. The van der Waals surface area contributed by atoms with Crippen molar-refractivity contribution in [1.82, 2.24) is 0 Å². The average Bonchev–Trinajstić information content (AvgIpc) is 2.27. The number of benzene rings is 1. The second-order valence-corrected chi connectivity index (χ2v) is 5.26. The third-order valence-electron chi connectivity index (χ3n) is 2.40. The summed E-state index contributed by atoms with van der Waals surface area (Å²) in [5, 5.41) is 0. The third-order valence-corrected chi connectivity index (χ3v) is 3.08. The largest absolute Gasteiger partial charge is 0.462 e. The Hall–Kier alpha value is -1.03. The van der Waals surface area contributed by atoms with Crippen LogP contribution < -0.4 is 5.73 Å². The average molecular weight is 300 g/mol. The highest BCUT2D eigenvalue weighted by molar-refractivity contribution is 9.10. The van der Waals surface area contributed by atoms with Crippen molar-refractivity contribution in [3.05, 3.63) is 28.2 Å². The van der Waals surface area contributed by atoms with Crippen LogP contribution in [-0.2, 0) is 4.74 Å². The van der Waals surface area contributed by atoms with Gasteiger partial charge >= 0.3 is 5.97 Å². The molecule has 1 aromatic rings. The highest BCUT2D eigenvalue weighted by atomic mass is 79.9. The van der Waals surface area contributed by atoms with E-state index in [0.717, 1.165) is 12.8 Å². The van der Waals surface area contributed by atoms with Gasteiger partial charge in [0.15, 0.2) is 0 Å². The van der Waals surface area contributed by atoms with Crippen LogP contribution in [0.1, 0.15) is 37.0 Å². The molecule has 0 aliphatic carbocycles. The molecular weight excluding hydrogens is 282 g/mol. The van der Waals surface area contributed by atoms with Crippen LogP contribution in [0.5, 0.6) is 0 Å². The van der Waals surface area contributed by atoms with Gasteiger partial charge < -0.3 is 10.5 Å². The Labute approximate surface area is 110 Å². The van der Waals surface area contributed by atoms with Crippen LogP contribution in [0.3, 0.4) is 0 Å². The van der Waals surface area contributed by atoms with Gasteiger partial charge in [-0.3, -0.25) is 0 Å². The van der Waals surface area contributed by atoms with Crippen LogP contribution >= 0.6 is 15.9 Å². The minimum absolute atomic E-state index is 0.297. The van der Waals surface area contributed by atoms with E-state index in [-0.39, 0.29) is 5.97 Å². The summed E-state index contributed by atoms with van der Waals surface area (Å²) >= 11 is 3.28. The van der Waals surface area contributed by atoms with Gasteiger partial charge in [-0.05, 0) is 52.9 Å². The third kappa shape index (κ3) is 4.77. The van der Waals surface area contributed by atoms with Crippen LogP contribution in [0.4, 0.5) is 5.69 Å². The summed E-state index contributed by atoms with van der Waals surface area (Å²) < 4.78 is 5.89. The molecule has 0 heterocycles. The second-order valence-electron chi connectivity index (χ2n) is 4.41. The number of ether oxygens (including phenoxy) is 1. The Balaban J connectivity index is 2.44. The number of carbonyl (C=O) groups excluding carboxylic acids is 1. The van der Waals surface area contributed by atoms with Gasteiger partial charge in [0.05, 0.1) is 12.2 Å². The summed E-state index contributed by atoms with van der Waals surface area (Å²) in [5.41, 5.74) is 6.78. The van der Waals surface area contributed by atoms with Gasteiger partial charge in [0, 0.05) is 10.2 Å². The van der Waals surface area contributed by atoms with E-state index in [1.54, 1.807) is 18.2 Å². The molecular formula is C13H18BrNO2. The molecule has 17 heavy (non-hydrogen) atoms. The number of esters is 1. The SMILES string of the molecule is CC(C)CCCOC(=O)c1ccc(N)c(Br)c1. The van der Waals surface area contributed by atoms with Crippen molar-refractivity contribution < 1.29 is 9.53 Å². The van der Waals surface area contributed by atoms with Gasteiger partial charge in [0.2, 0.25) is 0 Å². The van der Waals surface area contributed by atoms with E-state index in [1.165, 1.54) is 0 Å². The molecule has 3 nitrogen and oxygen atoms in total. The summed E-state index contributed by atoms with van der Waals surface area (Å²) in [6.45, 7) is 4.77. The first-order chi connectivity index (χ1) is 8.00. The predicted octanol–water partition coefficient (Wildman–Crippen LogP) is 3.62. The Bertz CT molecular complexity index is 391. The molecule has 0 aliphatic heterocycles. The van der Waals surface area contributed by atoms with Gasteiger partial charge in [-0.2, -0.15) is 0 Å². The lowest BCUT2D eigenvalue weighted by atomic mass is 10.1. The van der Waals surface area contributed by atoms with Crippen molar-refractivity contribution in [2.45, 2.75) is 26.7 Å². The van der Waals surface area contributed by atoms with Gasteiger partial charge in [0.25, 0.3) is 0 Å². The minimum Gasteiger partial charge on any atom is -0.462 e. The molecule has 0 unspecified atom stereocenters. The maximum Gasteiger partial charge on any atom is 0.338 e. The molecule has 0 atom stereocenters. The fourth-order valence-electron chi connectivity index (χ4n) is 1.39. The fraction of sp³-hybridized carbons (Fsp3) is 0.462. The number of nitrogens with two attached hydrogens (primary N) is 1. The van der Waals surface area contributed by atoms with E-state index in [0.29, 0.717) is 28.2 Å². The summed E-state index contributed by atoms with van der Waals surface area (Å²) in [7, 11) is 0. The second kappa shape index (κ2) is 6.64. The Kier molecular flexibility index (Phi) is 5.48. The molecule has 0 aromatic heterocycles. The highest BCUT2D eigenvalue weighted by Gasteiger charge is 2.08. The Morgan fingerprint density at radius 1 is 1.47 bits per heavy atom. The van der Waals surface area contributed by atoms with Crippen LogP contribution in [0.15, 0.2) is 22.7 Å². The van der Waals surface area contributed by atoms with Crippen molar-refractivity contribution in [2.24, 2.45) is 5.92 Å². The zero-order valence-electron chi connectivity index (χ0n) is 10.2. The van der Waals surface area contributed by atoms with Gasteiger partial charge in [0.1, 0.15) is 0 Å². The molecule has 94 valence electrons. The first-order valence-corrected chi connectivity index (χ1v) is 6.52. The molecule has 0 radical (unpaired) electrons. The van der Waals surface area contributed by atoms with E-state index >= 15 is 0 Å². The quantitative estimate of drug-likeness (QED) is 0.513. The van der Waals surface area contributed by atoms with Crippen LogP contribution in [0.2, 0.25) is 0 Å². The monoisotopic (exact) mass is 299 g/mol. The van der Waals surface area contributed by atoms with E-state index < -0.39 is 0 Å². The number of carbonyl (C=O) groups is 1. The van der Waals surface area contributed by atoms with Crippen LogP contribution in [-0.4, -0.2) is 12.6 Å². The molecule has 0 bridgehead atoms. The molecule has 1 rings (SSSR count). The molecule has 0 saturated carbocycles. The maximum atomic E-state index is 11.7. The number of nitrogen functional groups attached to an aromatic ring is 1. The van der Waals surface area contributed by atoms with Crippen molar-refractivity contribution in [1.29, 1.82) is 0 Å². The topological polar surface area (TPSA) is 52.3 Å². The minimum atomic E-state index is -0.297. The van der Waals surface area contributed by atoms with Crippen LogP contribution in [0, 0.1) is 5.92 Å². The van der Waals surface area contributed by atoms with Crippen molar-refractivity contribution in [2.75, 3.05) is 12.3 Å². The zero-order chi connectivity index (χ0) is 12.8. The number of halogens is 1. The van der Waals surface area contributed by atoms with Crippen LogP contribution in [0.25, 0.3) is 0 Å². The lowest BCUT2D eigenvalue weighted by molar-refractivity contribution is 0.0494. The molecule has 0 aliphatic rings. The normalized spacial score (nSPS) is 10.6. The summed E-state index contributed by atoms with van der Waals surface area (Å²) in [6.07, 6.45) is 1.97. The standard InChI is InChI=1S/C13H18BrNO2/c1-9(2)4-3-7-17-13(16)10-5-6-12(15)11(14)8-10/h5-6,8-9H,3-4,7,15H2,1-2H3. The van der Waals surface area contributed by atoms with E-state index in [2.05, 4.69) is 29.8 Å². The number of anilines is 1. The number of hydrogen-bond donors (Lipinski definition) is 1. The molecule has 0 saturated heterocycles. The van der Waals surface area contributed by atoms with Gasteiger partial charge in [-0.1, -0.05) is 13.8 Å². The zero-order valence-corrected chi connectivity index (χ0v) is 11.8. The van der Waals surface area contributed by atoms with Gasteiger partial charge in [-0.25, -0.2) is 4.79 Å². The summed E-state index contributed by atoms with van der Waals surface area (Å²) in [6, 6.07) is 5.04. The summed E-state index contributed by atoms with van der Waals surface area (Å²) in [4.78, 5) is 11.7. The maximum absolute atomic E-state index is 11.7. The Morgan fingerprint density at radius 2 is 2.18 bits per heavy atom. The lowest BCUT2D eigenvalue weighted by Crippen LogP contribution is -2.07.